The highest BCUT2D eigenvalue weighted by molar-refractivity contribution is 5.88. The fourth-order valence-corrected chi connectivity index (χ4v) is 4.28. The molecular formula is C19H23F3N6O. The van der Waals surface area contributed by atoms with Gasteiger partial charge in [-0.2, -0.15) is 23.5 Å². The number of hydrogen-bond acceptors (Lipinski definition) is 5. The summed E-state index contributed by atoms with van der Waals surface area (Å²) in [5, 5.41) is 13.3. The number of alkyl halides is 3. The Balaban J connectivity index is 2.03. The van der Waals surface area contributed by atoms with Crippen LogP contribution in [0.4, 0.5) is 19.0 Å². The number of nitrogens with one attached hydrogen (secondary N) is 1. The van der Waals surface area contributed by atoms with Crippen LogP contribution in [-0.4, -0.2) is 48.8 Å². The third-order valence-electron chi connectivity index (χ3n) is 5.76. The topological polar surface area (TPSA) is 84.6 Å². The molecule has 1 aliphatic carbocycles. The summed E-state index contributed by atoms with van der Waals surface area (Å²) >= 11 is 0. The summed E-state index contributed by atoms with van der Waals surface area (Å²) in [5.41, 5.74) is 0.885. The van der Waals surface area contributed by atoms with Crippen LogP contribution in [0.2, 0.25) is 0 Å². The summed E-state index contributed by atoms with van der Waals surface area (Å²) in [7, 11) is 3.48. The molecule has 0 radical (unpaired) electrons. The third-order valence-corrected chi connectivity index (χ3v) is 5.76. The summed E-state index contributed by atoms with van der Waals surface area (Å²) in [6, 6.07) is 1.76. The van der Waals surface area contributed by atoms with Crippen molar-refractivity contribution >= 4 is 18.1 Å². The summed E-state index contributed by atoms with van der Waals surface area (Å²) in [6.07, 6.45) is -3.27. The van der Waals surface area contributed by atoms with Gasteiger partial charge in [-0.15, -0.1) is 0 Å². The molecule has 2 aliphatic rings. The zero-order chi connectivity index (χ0) is 21.7. The van der Waals surface area contributed by atoms with E-state index in [1.54, 1.807) is 25.1 Å². The lowest BCUT2D eigenvalue weighted by Crippen LogP contribution is -2.47. The zero-order valence-corrected chi connectivity index (χ0v) is 16.9. The maximum absolute atomic E-state index is 13.5. The van der Waals surface area contributed by atoms with Crippen molar-refractivity contribution in [3.63, 3.8) is 0 Å². The Kier molecular flexibility index (Phi) is 4.97. The predicted octanol–water partition coefficient (Wildman–Crippen LogP) is 2.36. The standard InChI is InChI=1S/C19H23F3N6O/c1-10-6-12(19(20,21)22)11(7-23)16(25-10)28-8-13-14(18(13,2)3)15(28)17(29)26-24-9-27(4)5/h6,9,13-15H,8H2,1-5H3,(H,26,29)/t13-,14-,15+/m1/s1. The Morgan fingerprint density at radius 1 is 1.48 bits per heavy atom. The molecule has 1 saturated heterocycles. The number of rotatable bonds is 4. The van der Waals surface area contributed by atoms with Crippen molar-refractivity contribution < 1.29 is 18.0 Å². The van der Waals surface area contributed by atoms with Gasteiger partial charge in [0.25, 0.3) is 5.91 Å². The number of pyridine rings is 1. The summed E-state index contributed by atoms with van der Waals surface area (Å²) in [4.78, 5) is 20.3. The quantitative estimate of drug-likeness (QED) is 0.470. The van der Waals surface area contributed by atoms with Crippen molar-refractivity contribution in [3.8, 4) is 6.07 Å². The van der Waals surface area contributed by atoms with Gasteiger partial charge in [-0.1, -0.05) is 13.8 Å². The lowest BCUT2D eigenvalue weighted by Gasteiger charge is -2.31. The van der Waals surface area contributed by atoms with Crippen LogP contribution in [0.15, 0.2) is 11.2 Å². The van der Waals surface area contributed by atoms with Crippen molar-refractivity contribution in [3.05, 3.63) is 22.9 Å². The molecule has 10 heteroatoms. The maximum atomic E-state index is 13.5. The number of carbonyl (C=O) groups excluding carboxylic acids is 1. The lowest BCUT2D eigenvalue weighted by molar-refractivity contribution is -0.137. The number of fused-ring (bicyclic) bond motifs is 1. The van der Waals surface area contributed by atoms with Gasteiger partial charge in [0.15, 0.2) is 0 Å². The first-order chi connectivity index (χ1) is 13.4. The fourth-order valence-electron chi connectivity index (χ4n) is 4.28. The van der Waals surface area contributed by atoms with E-state index in [-0.39, 0.29) is 28.8 Å². The number of aryl methyl sites for hydroxylation is 1. The highest BCUT2D eigenvalue weighted by Crippen LogP contribution is 2.65. The predicted molar refractivity (Wildman–Crippen MR) is 101 cm³/mol. The lowest BCUT2D eigenvalue weighted by atomic mass is 9.99. The van der Waals surface area contributed by atoms with E-state index >= 15 is 0 Å². The molecule has 2 fully saturated rings. The first-order valence-electron chi connectivity index (χ1n) is 9.14. The minimum atomic E-state index is -4.69. The molecule has 0 spiro atoms. The normalized spacial score (nSPS) is 24.9. The van der Waals surface area contributed by atoms with Gasteiger partial charge in [-0.25, -0.2) is 10.4 Å². The van der Waals surface area contributed by atoms with Crippen LogP contribution in [-0.2, 0) is 11.0 Å². The van der Waals surface area contributed by atoms with Gasteiger partial charge < -0.3 is 9.80 Å². The first-order valence-corrected chi connectivity index (χ1v) is 9.14. The second-order valence-electron chi connectivity index (χ2n) is 8.35. The molecule has 156 valence electrons. The largest absolute Gasteiger partial charge is 0.417 e. The molecule has 0 unspecified atom stereocenters. The number of piperidine rings is 1. The van der Waals surface area contributed by atoms with Gasteiger partial charge in [-0.3, -0.25) is 4.79 Å². The SMILES string of the molecule is Cc1cc(C(F)(F)F)c(C#N)c(N2C[C@@H]3[C@H]([C@H]2C(=O)NN=CN(C)C)C3(C)C)n1. The molecule has 1 aromatic rings. The molecule has 0 bridgehead atoms. The summed E-state index contributed by atoms with van der Waals surface area (Å²) < 4.78 is 40.5. The van der Waals surface area contributed by atoms with E-state index in [0.29, 0.717) is 6.54 Å². The first kappa shape index (κ1) is 20.9. The number of amides is 1. The number of anilines is 1. The maximum Gasteiger partial charge on any atom is 0.417 e. The van der Waals surface area contributed by atoms with Crippen molar-refractivity contribution in [2.24, 2.45) is 22.4 Å². The van der Waals surface area contributed by atoms with Crippen LogP contribution in [0, 0.1) is 35.5 Å². The molecule has 3 rings (SSSR count). The molecule has 1 saturated carbocycles. The van der Waals surface area contributed by atoms with Crippen LogP contribution >= 0.6 is 0 Å². The number of nitriles is 1. The summed E-state index contributed by atoms with van der Waals surface area (Å²) in [6.45, 7) is 5.85. The molecular weight excluding hydrogens is 385 g/mol. The van der Waals surface area contributed by atoms with E-state index < -0.39 is 29.3 Å². The van der Waals surface area contributed by atoms with E-state index in [4.69, 9.17) is 0 Å². The van der Waals surface area contributed by atoms with Crippen molar-refractivity contribution in [1.29, 1.82) is 5.26 Å². The Bertz CT molecular complexity index is 902. The fraction of sp³-hybridized carbons (Fsp3) is 0.579. The van der Waals surface area contributed by atoms with E-state index in [1.807, 2.05) is 13.8 Å². The highest BCUT2D eigenvalue weighted by atomic mass is 19.4. The summed E-state index contributed by atoms with van der Waals surface area (Å²) in [5.74, 6) is -0.457. The van der Waals surface area contributed by atoms with E-state index in [9.17, 15) is 23.2 Å². The Hall–Kier alpha value is -2.83. The highest BCUT2D eigenvalue weighted by Gasteiger charge is 2.69. The monoisotopic (exact) mass is 408 g/mol. The van der Waals surface area contributed by atoms with E-state index in [1.165, 1.54) is 18.2 Å². The van der Waals surface area contributed by atoms with Crippen molar-refractivity contribution in [1.82, 2.24) is 15.3 Å². The number of hydrogen-bond donors (Lipinski definition) is 1. The average Bonchev–Trinajstić information content (AvgIpc) is 2.95. The van der Waals surface area contributed by atoms with Crippen LogP contribution < -0.4 is 10.3 Å². The van der Waals surface area contributed by atoms with Crippen molar-refractivity contribution in [2.45, 2.75) is 33.0 Å². The van der Waals surface area contributed by atoms with Crippen LogP contribution in [0.3, 0.4) is 0 Å². The molecule has 1 N–H and O–H groups in total. The number of hydrazone groups is 1. The molecule has 1 aliphatic heterocycles. The molecule has 0 aromatic carbocycles. The Morgan fingerprint density at radius 3 is 2.69 bits per heavy atom. The van der Waals surface area contributed by atoms with Crippen molar-refractivity contribution in [2.75, 3.05) is 25.5 Å². The molecule has 2 heterocycles. The minimum absolute atomic E-state index is 0.0553. The molecule has 3 atom stereocenters. The Labute approximate surface area is 167 Å². The number of nitrogens with zero attached hydrogens (tertiary/aromatic N) is 5. The Morgan fingerprint density at radius 2 is 2.14 bits per heavy atom. The van der Waals surface area contributed by atoms with Crippen LogP contribution in [0.25, 0.3) is 0 Å². The molecule has 1 amide bonds. The molecule has 29 heavy (non-hydrogen) atoms. The second kappa shape index (κ2) is 6.90. The van der Waals surface area contributed by atoms with Gasteiger partial charge in [0.1, 0.15) is 29.8 Å². The van der Waals surface area contributed by atoms with Gasteiger partial charge in [0, 0.05) is 26.3 Å². The van der Waals surface area contributed by atoms with Crippen LogP contribution in [0.1, 0.15) is 30.7 Å². The molecule has 7 nitrogen and oxygen atoms in total. The number of carbonyl (C=O) groups is 1. The minimum Gasteiger partial charge on any atom is -0.367 e. The van der Waals surface area contributed by atoms with Gasteiger partial charge in [0.2, 0.25) is 0 Å². The second-order valence-corrected chi connectivity index (χ2v) is 8.35. The molecule has 1 aromatic heterocycles. The van der Waals surface area contributed by atoms with Crippen LogP contribution in [0.5, 0.6) is 0 Å². The smallest absolute Gasteiger partial charge is 0.367 e. The van der Waals surface area contributed by atoms with E-state index in [2.05, 4.69) is 15.5 Å². The van der Waals surface area contributed by atoms with Gasteiger partial charge >= 0.3 is 6.18 Å². The van der Waals surface area contributed by atoms with Gasteiger partial charge in [0.05, 0.1) is 5.56 Å². The van der Waals surface area contributed by atoms with E-state index in [0.717, 1.165) is 6.07 Å². The van der Waals surface area contributed by atoms with Gasteiger partial charge in [-0.05, 0) is 30.2 Å². The average molecular weight is 408 g/mol. The number of halogens is 3. The third kappa shape index (κ3) is 3.61. The zero-order valence-electron chi connectivity index (χ0n) is 16.9. The number of aromatic nitrogens is 1.